The van der Waals surface area contributed by atoms with Gasteiger partial charge in [-0.15, -0.1) is 11.3 Å². The van der Waals surface area contributed by atoms with Gasteiger partial charge in [-0.3, -0.25) is 9.78 Å². The number of hydrogen-bond donors (Lipinski definition) is 2. The minimum Gasteiger partial charge on any atom is -0.397 e. The molecule has 0 aliphatic heterocycles. The Morgan fingerprint density at radius 1 is 1.33 bits per heavy atom. The molecule has 1 aromatic carbocycles. The van der Waals surface area contributed by atoms with E-state index in [0.717, 1.165) is 20.3 Å². The summed E-state index contributed by atoms with van der Waals surface area (Å²) in [5.41, 5.74) is 8.17. The Hall–Kier alpha value is -1.92. The molecule has 0 fully saturated rings. The molecule has 2 heterocycles. The minimum atomic E-state index is -0.213. The summed E-state index contributed by atoms with van der Waals surface area (Å²) in [6, 6.07) is 9.47. The van der Waals surface area contributed by atoms with Gasteiger partial charge in [-0.05, 0) is 37.3 Å². The predicted molar refractivity (Wildman–Crippen MR) is 90.9 cm³/mol. The molecule has 0 saturated carbocycles. The molecule has 3 aromatic rings. The first-order valence-electron chi connectivity index (χ1n) is 6.26. The maximum absolute atomic E-state index is 12.4. The third-order valence-corrected chi connectivity index (χ3v) is 4.74. The Balaban J connectivity index is 1.94. The van der Waals surface area contributed by atoms with Crippen LogP contribution in [0.25, 0.3) is 10.1 Å². The van der Waals surface area contributed by atoms with Crippen LogP contribution in [0.4, 0.5) is 11.4 Å². The molecule has 3 rings (SSSR count). The fraction of sp³-hybridized carbons (Fsp3) is 0.0667. The molecule has 0 aliphatic carbocycles. The Labute approximate surface area is 134 Å². The summed E-state index contributed by atoms with van der Waals surface area (Å²) in [5, 5.41) is 3.71. The van der Waals surface area contributed by atoms with Crippen molar-refractivity contribution >= 4 is 54.6 Å². The van der Waals surface area contributed by atoms with E-state index in [0.29, 0.717) is 16.3 Å². The van der Waals surface area contributed by atoms with Crippen LogP contribution in [-0.2, 0) is 0 Å². The van der Waals surface area contributed by atoms with E-state index in [-0.39, 0.29) is 5.91 Å². The fourth-order valence-electron chi connectivity index (χ4n) is 1.99. The summed E-state index contributed by atoms with van der Waals surface area (Å²) in [7, 11) is 0. The van der Waals surface area contributed by atoms with Crippen molar-refractivity contribution < 1.29 is 4.79 Å². The average Bonchev–Trinajstić information content (AvgIpc) is 2.79. The Morgan fingerprint density at radius 2 is 2.14 bits per heavy atom. The smallest absolute Gasteiger partial charge is 0.267 e. The maximum atomic E-state index is 12.4. The fourth-order valence-corrected chi connectivity index (χ4v) is 3.35. The van der Waals surface area contributed by atoms with E-state index in [2.05, 4.69) is 26.2 Å². The number of nitrogens with zero attached hydrogens (tertiary/aromatic N) is 1. The number of amides is 1. The molecule has 106 valence electrons. The first-order valence-corrected chi connectivity index (χ1v) is 7.87. The number of pyridine rings is 1. The summed E-state index contributed by atoms with van der Waals surface area (Å²) in [6.07, 6.45) is 1.63. The predicted octanol–water partition coefficient (Wildman–Crippen LogP) is 4.20. The molecule has 1 amide bonds. The number of nitrogens with one attached hydrogen (secondary N) is 1. The second kappa shape index (κ2) is 5.46. The number of aromatic nitrogens is 1. The zero-order valence-electron chi connectivity index (χ0n) is 11.2. The molecular formula is C15H12BrN3OS. The minimum absolute atomic E-state index is 0.213. The highest BCUT2D eigenvalue weighted by Crippen LogP contribution is 2.35. The van der Waals surface area contributed by atoms with Crippen molar-refractivity contribution in [2.75, 3.05) is 11.1 Å². The van der Waals surface area contributed by atoms with Gasteiger partial charge in [-0.1, -0.05) is 15.9 Å². The van der Waals surface area contributed by atoms with Crippen molar-refractivity contribution in [3.8, 4) is 0 Å². The van der Waals surface area contributed by atoms with E-state index in [1.165, 1.54) is 11.3 Å². The van der Waals surface area contributed by atoms with Gasteiger partial charge in [0.15, 0.2) is 0 Å². The van der Waals surface area contributed by atoms with E-state index in [9.17, 15) is 4.79 Å². The molecule has 0 atom stereocenters. The number of carbonyl (C=O) groups excluding carboxylic acids is 1. The number of rotatable bonds is 2. The van der Waals surface area contributed by atoms with Crippen LogP contribution in [0.15, 0.2) is 41.0 Å². The van der Waals surface area contributed by atoms with Crippen molar-refractivity contribution in [1.29, 1.82) is 0 Å². The van der Waals surface area contributed by atoms with Crippen LogP contribution in [-0.4, -0.2) is 10.9 Å². The molecule has 0 unspecified atom stereocenters. The summed E-state index contributed by atoms with van der Waals surface area (Å²) in [6.45, 7) is 1.90. The van der Waals surface area contributed by atoms with E-state index in [1.807, 2.05) is 37.3 Å². The third kappa shape index (κ3) is 2.77. The quantitative estimate of drug-likeness (QED) is 0.718. The van der Waals surface area contributed by atoms with Gasteiger partial charge < -0.3 is 11.1 Å². The second-order valence-electron chi connectivity index (χ2n) is 4.63. The Kier molecular flexibility index (Phi) is 3.65. The Bertz CT molecular complexity index is 827. The first-order chi connectivity index (χ1) is 10.0. The number of aryl methyl sites for hydroxylation is 1. The number of thiophene rings is 1. The summed E-state index contributed by atoms with van der Waals surface area (Å²) >= 11 is 4.80. The lowest BCUT2D eigenvalue weighted by atomic mass is 10.2. The lowest BCUT2D eigenvalue weighted by molar-refractivity contribution is 0.103. The van der Waals surface area contributed by atoms with Gasteiger partial charge in [-0.2, -0.15) is 0 Å². The van der Waals surface area contributed by atoms with Gasteiger partial charge in [0.05, 0.1) is 17.6 Å². The highest BCUT2D eigenvalue weighted by Gasteiger charge is 2.16. The van der Waals surface area contributed by atoms with E-state index in [4.69, 9.17) is 5.73 Å². The molecule has 0 saturated heterocycles. The van der Waals surface area contributed by atoms with Gasteiger partial charge in [-0.25, -0.2) is 0 Å². The van der Waals surface area contributed by atoms with Crippen LogP contribution in [0.3, 0.4) is 0 Å². The maximum Gasteiger partial charge on any atom is 0.267 e. The molecule has 0 bridgehead atoms. The van der Waals surface area contributed by atoms with Crippen LogP contribution in [0, 0.1) is 6.92 Å². The molecule has 4 nitrogen and oxygen atoms in total. The zero-order valence-corrected chi connectivity index (χ0v) is 13.6. The SMILES string of the molecule is Cc1ccc(NC(=O)c2sc3ccc(Br)cc3c2N)cn1. The summed E-state index contributed by atoms with van der Waals surface area (Å²) < 4.78 is 1.93. The highest BCUT2D eigenvalue weighted by molar-refractivity contribution is 9.10. The molecule has 0 spiro atoms. The van der Waals surface area contributed by atoms with E-state index >= 15 is 0 Å². The zero-order chi connectivity index (χ0) is 15.0. The van der Waals surface area contributed by atoms with E-state index in [1.54, 1.807) is 6.20 Å². The van der Waals surface area contributed by atoms with Crippen LogP contribution >= 0.6 is 27.3 Å². The van der Waals surface area contributed by atoms with Gasteiger partial charge in [0.25, 0.3) is 5.91 Å². The number of fused-ring (bicyclic) bond motifs is 1. The molecule has 2 aromatic heterocycles. The number of nitrogens with two attached hydrogens (primary N) is 1. The molecule has 3 N–H and O–H groups in total. The topological polar surface area (TPSA) is 68.0 Å². The number of carbonyl (C=O) groups is 1. The largest absolute Gasteiger partial charge is 0.397 e. The number of nitrogen functional groups attached to an aromatic ring is 1. The van der Waals surface area contributed by atoms with Crippen molar-refractivity contribution in [2.24, 2.45) is 0 Å². The van der Waals surface area contributed by atoms with Crippen LogP contribution in [0.2, 0.25) is 0 Å². The summed E-state index contributed by atoms with van der Waals surface area (Å²) in [4.78, 5) is 17.0. The number of hydrogen-bond acceptors (Lipinski definition) is 4. The third-order valence-electron chi connectivity index (χ3n) is 3.06. The molecular weight excluding hydrogens is 350 g/mol. The standard InChI is InChI=1S/C15H12BrN3OS/c1-8-2-4-10(7-18-8)19-15(20)14-13(17)11-6-9(16)3-5-12(11)21-14/h2-7H,17H2,1H3,(H,19,20). The average molecular weight is 362 g/mol. The number of benzene rings is 1. The molecule has 0 aliphatic rings. The van der Waals surface area contributed by atoms with Crippen LogP contribution < -0.4 is 11.1 Å². The first kappa shape index (κ1) is 14.0. The van der Waals surface area contributed by atoms with Crippen molar-refractivity contribution in [2.45, 2.75) is 6.92 Å². The Morgan fingerprint density at radius 3 is 2.86 bits per heavy atom. The van der Waals surface area contributed by atoms with Gasteiger partial charge in [0, 0.05) is 20.3 Å². The van der Waals surface area contributed by atoms with Crippen molar-refractivity contribution in [3.63, 3.8) is 0 Å². The molecule has 21 heavy (non-hydrogen) atoms. The van der Waals surface area contributed by atoms with Crippen molar-refractivity contribution in [1.82, 2.24) is 4.98 Å². The highest BCUT2D eigenvalue weighted by atomic mass is 79.9. The van der Waals surface area contributed by atoms with E-state index < -0.39 is 0 Å². The van der Waals surface area contributed by atoms with Crippen LogP contribution in [0.1, 0.15) is 15.4 Å². The lowest BCUT2D eigenvalue weighted by Crippen LogP contribution is -2.12. The van der Waals surface area contributed by atoms with Gasteiger partial charge >= 0.3 is 0 Å². The summed E-state index contributed by atoms with van der Waals surface area (Å²) in [5.74, 6) is -0.213. The lowest BCUT2D eigenvalue weighted by Gasteiger charge is -2.04. The van der Waals surface area contributed by atoms with Gasteiger partial charge in [0.1, 0.15) is 4.88 Å². The van der Waals surface area contributed by atoms with Crippen molar-refractivity contribution in [3.05, 3.63) is 51.6 Å². The van der Waals surface area contributed by atoms with Crippen LogP contribution in [0.5, 0.6) is 0 Å². The number of halogens is 1. The second-order valence-corrected chi connectivity index (χ2v) is 6.60. The van der Waals surface area contributed by atoms with Gasteiger partial charge in [0.2, 0.25) is 0 Å². The molecule has 0 radical (unpaired) electrons. The monoisotopic (exact) mass is 361 g/mol. The number of anilines is 2. The molecule has 6 heteroatoms. The normalized spacial score (nSPS) is 10.8.